The fourth-order valence-corrected chi connectivity index (χ4v) is 4.29. The average Bonchev–Trinajstić information content (AvgIpc) is 2.80. The predicted octanol–water partition coefficient (Wildman–Crippen LogP) is 4.51. The van der Waals surface area contributed by atoms with E-state index in [1.165, 1.54) is 19.2 Å². The van der Waals surface area contributed by atoms with E-state index in [1.54, 1.807) is 36.4 Å². The maximum atomic E-state index is 13.0. The molecule has 0 saturated carbocycles. The van der Waals surface area contributed by atoms with Gasteiger partial charge in [-0.3, -0.25) is 4.79 Å². The molecule has 0 bridgehead atoms. The monoisotopic (exact) mass is 484 g/mol. The van der Waals surface area contributed by atoms with E-state index in [1.807, 2.05) is 18.2 Å². The average molecular weight is 485 g/mol. The minimum absolute atomic E-state index is 0.0125. The summed E-state index contributed by atoms with van der Waals surface area (Å²) in [6.07, 6.45) is 0.385. The number of hydrogen-bond acceptors (Lipinski definition) is 4. The third-order valence-electron chi connectivity index (χ3n) is 4.83. The Balaban J connectivity index is 1.47. The number of urea groups is 1. The molecule has 178 valence electrons. The lowest BCUT2D eigenvalue weighted by atomic mass is 10.2. The molecule has 8 nitrogen and oxygen atoms in total. The number of carbonyl (C=O) groups is 2. The van der Waals surface area contributed by atoms with Crippen LogP contribution in [-0.4, -0.2) is 38.3 Å². The summed E-state index contributed by atoms with van der Waals surface area (Å²) in [4.78, 5) is 24.4. The van der Waals surface area contributed by atoms with Crippen molar-refractivity contribution in [2.75, 3.05) is 29.5 Å². The highest BCUT2D eigenvalue weighted by molar-refractivity contribution is 7.89. The van der Waals surface area contributed by atoms with Crippen molar-refractivity contribution in [3.63, 3.8) is 0 Å². The topological polar surface area (TPSA) is 108 Å². The standard InChI is InChI=1S/C24H25FN4O4S/c1-29(34(32,33)22-14-12-18(25)13-15-22)16-6-11-23(30)26-20-9-5-10-21(17-20)28-24(31)27-19-7-3-2-4-8-19/h2-5,7-10,12-15,17H,6,11,16H2,1H3,(H,26,30)(H2,27,28,31). The molecule has 3 N–H and O–H groups in total. The van der Waals surface area contributed by atoms with Gasteiger partial charge >= 0.3 is 6.03 Å². The number of para-hydroxylation sites is 1. The number of hydrogen-bond donors (Lipinski definition) is 3. The molecule has 0 heterocycles. The predicted molar refractivity (Wildman–Crippen MR) is 130 cm³/mol. The van der Waals surface area contributed by atoms with Gasteiger partial charge in [-0.1, -0.05) is 24.3 Å². The largest absolute Gasteiger partial charge is 0.326 e. The Morgan fingerprint density at radius 1 is 0.824 bits per heavy atom. The van der Waals surface area contributed by atoms with Gasteiger partial charge in [0.15, 0.2) is 0 Å². The summed E-state index contributed by atoms with van der Waals surface area (Å²) in [5, 5.41) is 8.14. The zero-order chi connectivity index (χ0) is 24.6. The highest BCUT2D eigenvalue weighted by Crippen LogP contribution is 2.18. The first kappa shape index (κ1) is 24.9. The second kappa shape index (κ2) is 11.4. The summed E-state index contributed by atoms with van der Waals surface area (Å²) in [5.41, 5.74) is 1.64. The van der Waals surface area contributed by atoms with Crippen molar-refractivity contribution in [1.82, 2.24) is 4.31 Å². The van der Waals surface area contributed by atoms with Gasteiger partial charge in [-0.15, -0.1) is 0 Å². The van der Waals surface area contributed by atoms with Crippen LogP contribution >= 0.6 is 0 Å². The lowest BCUT2D eigenvalue weighted by Crippen LogP contribution is -2.28. The Kier molecular flexibility index (Phi) is 8.34. The van der Waals surface area contributed by atoms with E-state index in [2.05, 4.69) is 16.0 Å². The van der Waals surface area contributed by atoms with Gasteiger partial charge in [0.05, 0.1) is 4.90 Å². The van der Waals surface area contributed by atoms with E-state index in [9.17, 15) is 22.4 Å². The molecular formula is C24H25FN4O4S. The number of sulfonamides is 1. The van der Waals surface area contributed by atoms with Gasteiger partial charge in [-0.05, 0) is 61.0 Å². The molecule has 0 aliphatic heterocycles. The number of rotatable bonds is 9. The maximum absolute atomic E-state index is 13.0. The molecule has 3 aromatic rings. The number of anilines is 3. The highest BCUT2D eigenvalue weighted by atomic mass is 32.2. The van der Waals surface area contributed by atoms with Crippen LogP contribution in [0.3, 0.4) is 0 Å². The van der Waals surface area contributed by atoms with Crippen molar-refractivity contribution in [3.05, 3.63) is 84.7 Å². The Bertz CT molecular complexity index is 1240. The van der Waals surface area contributed by atoms with Gasteiger partial charge in [0.25, 0.3) is 0 Å². The first-order chi connectivity index (χ1) is 16.2. The van der Waals surface area contributed by atoms with Gasteiger partial charge in [0.1, 0.15) is 5.82 Å². The van der Waals surface area contributed by atoms with Crippen LogP contribution < -0.4 is 16.0 Å². The second-order valence-electron chi connectivity index (χ2n) is 7.46. The normalized spacial score (nSPS) is 11.1. The van der Waals surface area contributed by atoms with Crippen LogP contribution in [0.1, 0.15) is 12.8 Å². The van der Waals surface area contributed by atoms with Gasteiger partial charge in [-0.2, -0.15) is 0 Å². The fraction of sp³-hybridized carbons (Fsp3) is 0.167. The summed E-state index contributed by atoms with van der Waals surface area (Å²) in [5.74, 6) is -0.812. The minimum Gasteiger partial charge on any atom is -0.326 e. The molecule has 0 saturated heterocycles. The van der Waals surface area contributed by atoms with Gasteiger partial charge in [0, 0.05) is 37.1 Å². The smallest absolute Gasteiger partial charge is 0.323 e. The van der Waals surface area contributed by atoms with Crippen molar-refractivity contribution in [2.45, 2.75) is 17.7 Å². The SMILES string of the molecule is CN(CCCC(=O)Nc1cccc(NC(=O)Nc2ccccc2)c1)S(=O)(=O)c1ccc(F)cc1. The molecule has 3 rings (SSSR count). The maximum Gasteiger partial charge on any atom is 0.323 e. The lowest BCUT2D eigenvalue weighted by molar-refractivity contribution is -0.116. The van der Waals surface area contributed by atoms with E-state index in [0.29, 0.717) is 23.5 Å². The van der Waals surface area contributed by atoms with Crippen molar-refractivity contribution >= 4 is 39.0 Å². The number of benzene rings is 3. The summed E-state index contributed by atoms with van der Waals surface area (Å²) < 4.78 is 39.2. The molecule has 34 heavy (non-hydrogen) atoms. The Morgan fingerprint density at radius 3 is 2.09 bits per heavy atom. The molecule has 0 unspecified atom stereocenters. The molecule has 0 radical (unpaired) electrons. The lowest BCUT2D eigenvalue weighted by Gasteiger charge is -2.17. The van der Waals surface area contributed by atoms with E-state index in [0.717, 1.165) is 16.4 Å². The Morgan fingerprint density at radius 2 is 1.41 bits per heavy atom. The van der Waals surface area contributed by atoms with E-state index >= 15 is 0 Å². The molecule has 3 amide bonds. The quantitative estimate of drug-likeness (QED) is 0.415. The molecule has 0 fully saturated rings. The molecule has 0 aliphatic carbocycles. The van der Waals surface area contributed by atoms with Crippen LogP contribution in [0.4, 0.5) is 26.2 Å². The van der Waals surface area contributed by atoms with Crippen molar-refractivity contribution in [2.24, 2.45) is 0 Å². The molecule has 10 heteroatoms. The van der Waals surface area contributed by atoms with Gasteiger partial charge in [-0.25, -0.2) is 21.9 Å². The Hall–Kier alpha value is -3.76. The van der Waals surface area contributed by atoms with Crippen LogP contribution in [0.25, 0.3) is 0 Å². The number of halogens is 1. The third kappa shape index (κ3) is 7.12. The van der Waals surface area contributed by atoms with Crippen molar-refractivity contribution < 1.29 is 22.4 Å². The zero-order valence-corrected chi connectivity index (χ0v) is 19.3. The van der Waals surface area contributed by atoms with Crippen LogP contribution in [0, 0.1) is 5.82 Å². The van der Waals surface area contributed by atoms with Crippen LogP contribution in [0.2, 0.25) is 0 Å². The summed E-state index contributed by atoms with van der Waals surface area (Å²) >= 11 is 0. The van der Waals surface area contributed by atoms with E-state index in [-0.39, 0.29) is 23.8 Å². The first-order valence-corrected chi connectivity index (χ1v) is 11.9. The summed E-state index contributed by atoms with van der Waals surface area (Å²) in [7, 11) is -2.35. The molecule has 3 aromatic carbocycles. The van der Waals surface area contributed by atoms with Crippen LogP contribution in [-0.2, 0) is 14.8 Å². The van der Waals surface area contributed by atoms with Crippen LogP contribution in [0.5, 0.6) is 0 Å². The highest BCUT2D eigenvalue weighted by Gasteiger charge is 2.20. The third-order valence-corrected chi connectivity index (χ3v) is 6.71. The number of nitrogens with zero attached hydrogens (tertiary/aromatic N) is 1. The molecule has 0 aromatic heterocycles. The zero-order valence-electron chi connectivity index (χ0n) is 18.5. The van der Waals surface area contributed by atoms with E-state index in [4.69, 9.17) is 0 Å². The second-order valence-corrected chi connectivity index (χ2v) is 9.50. The molecule has 0 aliphatic rings. The van der Waals surface area contributed by atoms with E-state index < -0.39 is 21.9 Å². The molecule has 0 spiro atoms. The number of carbonyl (C=O) groups excluding carboxylic acids is 2. The number of nitrogens with one attached hydrogen (secondary N) is 3. The summed E-state index contributed by atoms with van der Waals surface area (Å²) in [6, 6.07) is 19.8. The van der Waals surface area contributed by atoms with Gasteiger partial charge < -0.3 is 16.0 Å². The fourth-order valence-electron chi connectivity index (χ4n) is 3.08. The summed E-state index contributed by atoms with van der Waals surface area (Å²) in [6.45, 7) is 0.119. The first-order valence-electron chi connectivity index (χ1n) is 10.5. The van der Waals surface area contributed by atoms with Crippen molar-refractivity contribution in [1.29, 1.82) is 0 Å². The minimum atomic E-state index is -3.76. The number of amides is 3. The molecule has 0 atom stereocenters. The Labute approximate surface area is 197 Å². The van der Waals surface area contributed by atoms with Gasteiger partial charge in [0.2, 0.25) is 15.9 Å². The van der Waals surface area contributed by atoms with Crippen LogP contribution in [0.15, 0.2) is 83.8 Å². The van der Waals surface area contributed by atoms with Crippen molar-refractivity contribution in [3.8, 4) is 0 Å². The molecular weight excluding hydrogens is 459 g/mol.